The van der Waals surface area contributed by atoms with E-state index >= 15 is 0 Å². The number of nitrogens with zero attached hydrogens (tertiary/aromatic N) is 3. The minimum atomic E-state index is 0.781. The lowest BCUT2D eigenvalue weighted by Gasteiger charge is -2.04. The van der Waals surface area contributed by atoms with E-state index in [2.05, 4.69) is 32.8 Å². The Bertz CT molecular complexity index is 462. The molecule has 0 fully saturated rings. The Labute approximate surface area is 95.4 Å². The van der Waals surface area contributed by atoms with Gasteiger partial charge in [0.15, 0.2) is 0 Å². The Morgan fingerprint density at radius 2 is 2.25 bits per heavy atom. The highest BCUT2D eigenvalue weighted by atomic mass is 15.0. The second kappa shape index (κ2) is 4.90. The molecule has 4 heteroatoms. The fourth-order valence-corrected chi connectivity index (χ4v) is 1.62. The maximum Gasteiger partial charge on any atom is 0.0953 e. The average Bonchev–Trinajstić information content (AvgIpc) is 2.70. The second-order valence-corrected chi connectivity index (χ2v) is 3.83. The van der Waals surface area contributed by atoms with E-state index in [1.807, 2.05) is 31.8 Å². The topological polar surface area (TPSA) is 42.7 Å². The van der Waals surface area contributed by atoms with Crippen molar-refractivity contribution in [1.29, 1.82) is 0 Å². The van der Waals surface area contributed by atoms with Crippen molar-refractivity contribution in [3.63, 3.8) is 0 Å². The molecule has 0 radical (unpaired) electrons. The number of imidazole rings is 1. The van der Waals surface area contributed by atoms with Gasteiger partial charge in [0.05, 0.1) is 24.3 Å². The first-order chi connectivity index (χ1) is 7.79. The normalized spacial score (nSPS) is 10.6. The second-order valence-electron chi connectivity index (χ2n) is 3.83. The van der Waals surface area contributed by atoms with Gasteiger partial charge in [0.25, 0.3) is 0 Å². The van der Waals surface area contributed by atoms with Gasteiger partial charge in [-0.25, -0.2) is 4.98 Å². The molecule has 0 amide bonds. The highest BCUT2D eigenvalue weighted by molar-refractivity contribution is 5.18. The van der Waals surface area contributed by atoms with Gasteiger partial charge in [-0.05, 0) is 25.6 Å². The van der Waals surface area contributed by atoms with Crippen LogP contribution in [0.2, 0.25) is 0 Å². The zero-order chi connectivity index (χ0) is 11.4. The van der Waals surface area contributed by atoms with E-state index in [4.69, 9.17) is 0 Å². The van der Waals surface area contributed by atoms with Crippen molar-refractivity contribution in [3.8, 4) is 0 Å². The molecule has 0 saturated carbocycles. The van der Waals surface area contributed by atoms with Crippen LogP contribution in [0.1, 0.15) is 17.0 Å². The van der Waals surface area contributed by atoms with E-state index in [1.165, 1.54) is 5.56 Å². The number of hydrogen-bond acceptors (Lipinski definition) is 3. The van der Waals surface area contributed by atoms with E-state index in [9.17, 15) is 0 Å². The largest absolute Gasteiger partial charge is 0.331 e. The lowest BCUT2D eigenvalue weighted by molar-refractivity contribution is 0.760. The zero-order valence-corrected chi connectivity index (χ0v) is 9.64. The first-order valence-electron chi connectivity index (χ1n) is 5.35. The molecule has 2 aromatic heterocycles. The van der Waals surface area contributed by atoms with Crippen molar-refractivity contribution < 1.29 is 0 Å². The summed E-state index contributed by atoms with van der Waals surface area (Å²) in [6, 6.07) is 4.03. The first-order valence-corrected chi connectivity index (χ1v) is 5.35. The summed E-state index contributed by atoms with van der Waals surface area (Å²) in [7, 11) is 1.92. The van der Waals surface area contributed by atoms with Crippen LogP contribution in [0.3, 0.4) is 0 Å². The van der Waals surface area contributed by atoms with Crippen molar-refractivity contribution in [2.45, 2.75) is 20.0 Å². The van der Waals surface area contributed by atoms with Crippen LogP contribution in [0.4, 0.5) is 0 Å². The molecule has 2 aromatic rings. The molecule has 0 unspecified atom stereocenters. The van der Waals surface area contributed by atoms with Gasteiger partial charge in [-0.2, -0.15) is 0 Å². The zero-order valence-electron chi connectivity index (χ0n) is 9.64. The van der Waals surface area contributed by atoms with E-state index in [0.29, 0.717) is 0 Å². The van der Waals surface area contributed by atoms with E-state index in [0.717, 1.165) is 24.5 Å². The number of aryl methyl sites for hydroxylation is 1. The van der Waals surface area contributed by atoms with Gasteiger partial charge < -0.3 is 9.88 Å². The van der Waals surface area contributed by atoms with E-state index in [1.54, 1.807) is 0 Å². The van der Waals surface area contributed by atoms with E-state index < -0.39 is 0 Å². The summed E-state index contributed by atoms with van der Waals surface area (Å²) in [4.78, 5) is 8.67. The van der Waals surface area contributed by atoms with Crippen molar-refractivity contribution in [1.82, 2.24) is 19.9 Å². The van der Waals surface area contributed by atoms with Crippen LogP contribution in [0, 0.1) is 6.92 Å². The lowest BCUT2D eigenvalue weighted by Crippen LogP contribution is -2.05. The van der Waals surface area contributed by atoms with Crippen LogP contribution >= 0.6 is 0 Å². The van der Waals surface area contributed by atoms with Gasteiger partial charge in [-0.15, -0.1) is 0 Å². The average molecular weight is 216 g/mol. The smallest absolute Gasteiger partial charge is 0.0953 e. The monoisotopic (exact) mass is 216 g/mol. The molecule has 0 saturated heterocycles. The van der Waals surface area contributed by atoms with Gasteiger partial charge in [-0.3, -0.25) is 4.98 Å². The summed E-state index contributed by atoms with van der Waals surface area (Å²) in [5.74, 6) is 0. The van der Waals surface area contributed by atoms with Crippen LogP contribution in [-0.4, -0.2) is 21.6 Å². The van der Waals surface area contributed by atoms with Gasteiger partial charge in [0.1, 0.15) is 0 Å². The Morgan fingerprint density at radius 3 is 3.00 bits per heavy atom. The molecule has 2 rings (SSSR count). The van der Waals surface area contributed by atoms with E-state index in [-0.39, 0.29) is 0 Å². The minimum Gasteiger partial charge on any atom is -0.331 e. The molecular weight excluding hydrogens is 200 g/mol. The fraction of sp³-hybridized carbons (Fsp3) is 0.333. The fourth-order valence-electron chi connectivity index (χ4n) is 1.62. The highest BCUT2D eigenvalue weighted by Gasteiger charge is 2.01. The first kappa shape index (κ1) is 10.8. The summed E-state index contributed by atoms with van der Waals surface area (Å²) in [6.07, 6.45) is 5.72. The third kappa shape index (κ3) is 2.46. The molecule has 1 N–H and O–H groups in total. The Morgan fingerprint density at radius 1 is 1.38 bits per heavy atom. The molecule has 0 aliphatic rings. The number of nitrogens with one attached hydrogen (secondary N) is 1. The minimum absolute atomic E-state index is 0.781. The third-order valence-corrected chi connectivity index (χ3v) is 2.49. The SMILES string of the molecule is CNCc1cn(Cc2ncccc2C)cn1. The summed E-state index contributed by atoms with van der Waals surface area (Å²) in [5.41, 5.74) is 3.36. The Kier molecular flexibility index (Phi) is 3.31. The third-order valence-electron chi connectivity index (χ3n) is 2.49. The van der Waals surface area contributed by atoms with Crippen molar-refractivity contribution in [3.05, 3.63) is 47.8 Å². The number of rotatable bonds is 4. The molecule has 0 atom stereocenters. The molecule has 16 heavy (non-hydrogen) atoms. The van der Waals surface area contributed by atoms with Crippen LogP contribution in [0.15, 0.2) is 30.9 Å². The Hall–Kier alpha value is -1.68. The molecule has 0 bridgehead atoms. The quantitative estimate of drug-likeness (QED) is 0.839. The van der Waals surface area contributed by atoms with Crippen LogP contribution in [0.25, 0.3) is 0 Å². The van der Waals surface area contributed by atoms with Crippen LogP contribution in [-0.2, 0) is 13.1 Å². The summed E-state index contributed by atoms with van der Waals surface area (Å²) in [5, 5.41) is 3.08. The Balaban J connectivity index is 2.11. The van der Waals surface area contributed by atoms with Crippen molar-refractivity contribution in [2.75, 3.05) is 7.05 Å². The summed E-state index contributed by atoms with van der Waals surface area (Å²) in [6.45, 7) is 3.66. The molecular formula is C12H16N4. The lowest BCUT2D eigenvalue weighted by atomic mass is 10.2. The van der Waals surface area contributed by atoms with Crippen molar-refractivity contribution >= 4 is 0 Å². The summed E-state index contributed by atoms with van der Waals surface area (Å²) >= 11 is 0. The molecule has 0 aliphatic heterocycles. The molecule has 84 valence electrons. The maximum absolute atomic E-state index is 4.36. The van der Waals surface area contributed by atoms with Crippen molar-refractivity contribution in [2.24, 2.45) is 0 Å². The number of pyridine rings is 1. The standard InChI is InChI=1S/C12H16N4/c1-10-4-3-5-14-12(10)8-16-7-11(6-13-2)15-9-16/h3-5,7,9,13H,6,8H2,1-2H3. The predicted octanol–water partition coefficient (Wildman–Crippen LogP) is 1.35. The van der Waals surface area contributed by atoms with Gasteiger partial charge in [0, 0.05) is 18.9 Å². The van der Waals surface area contributed by atoms with Gasteiger partial charge >= 0.3 is 0 Å². The van der Waals surface area contributed by atoms with Crippen LogP contribution < -0.4 is 5.32 Å². The molecule has 4 nitrogen and oxygen atoms in total. The van der Waals surface area contributed by atoms with Crippen LogP contribution in [0.5, 0.6) is 0 Å². The molecule has 2 heterocycles. The molecule has 0 spiro atoms. The predicted molar refractivity (Wildman–Crippen MR) is 63.1 cm³/mol. The van der Waals surface area contributed by atoms with Gasteiger partial charge in [-0.1, -0.05) is 6.07 Å². The molecule has 0 aliphatic carbocycles. The maximum atomic E-state index is 4.36. The number of aromatic nitrogens is 3. The highest BCUT2D eigenvalue weighted by Crippen LogP contribution is 2.06. The molecule has 0 aromatic carbocycles. The van der Waals surface area contributed by atoms with Gasteiger partial charge in [0.2, 0.25) is 0 Å². The summed E-state index contributed by atoms with van der Waals surface area (Å²) < 4.78 is 2.06. The number of hydrogen-bond donors (Lipinski definition) is 1.